The first-order chi connectivity index (χ1) is 9.95. The predicted octanol–water partition coefficient (Wildman–Crippen LogP) is 1.56. The molecule has 1 fully saturated rings. The van der Waals surface area contributed by atoms with Gasteiger partial charge in [-0.05, 0) is 24.6 Å². The van der Waals surface area contributed by atoms with Gasteiger partial charge in [-0.25, -0.2) is 9.37 Å². The van der Waals surface area contributed by atoms with Crippen LogP contribution >= 0.6 is 0 Å². The zero-order valence-electron chi connectivity index (χ0n) is 12.1. The Morgan fingerprint density at radius 3 is 2.90 bits per heavy atom. The van der Waals surface area contributed by atoms with E-state index in [0.29, 0.717) is 23.9 Å². The second-order valence-electron chi connectivity index (χ2n) is 5.73. The Hall–Kier alpha value is -1.95. The summed E-state index contributed by atoms with van der Waals surface area (Å²) in [4.78, 5) is 20.9. The van der Waals surface area contributed by atoms with E-state index < -0.39 is 5.67 Å². The van der Waals surface area contributed by atoms with E-state index in [9.17, 15) is 9.18 Å². The minimum atomic E-state index is -1.49. The van der Waals surface area contributed by atoms with Crippen molar-refractivity contribution in [1.29, 1.82) is 0 Å². The molecular formula is C15H18FN3O2. The van der Waals surface area contributed by atoms with Crippen LogP contribution in [0, 0.1) is 5.92 Å². The van der Waals surface area contributed by atoms with Gasteiger partial charge in [-0.1, -0.05) is 6.92 Å². The molecule has 2 atom stereocenters. The highest BCUT2D eigenvalue weighted by atomic mass is 19.1. The minimum absolute atomic E-state index is 0.0321. The number of halogens is 1. The number of aromatic amines is 1. The van der Waals surface area contributed by atoms with Gasteiger partial charge in [0.15, 0.2) is 5.67 Å². The van der Waals surface area contributed by atoms with E-state index in [0.717, 1.165) is 5.69 Å². The smallest absolute Gasteiger partial charge is 0.258 e. The Morgan fingerprint density at radius 1 is 1.57 bits per heavy atom. The van der Waals surface area contributed by atoms with Crippen LogP contribution in [0.2, 0.25) is 0 Å². The first-order valence-electron chi connectivity index (χ1n) is 7.01. The molecule has 3 rings (SSSR count). The Bertz CT molecular complexity index is 745. The monoisotopic (exact) mass is 291 g/mol. The van der Waals surface area contributed by atoms with Crippen LogP contribution in [0.4, 0.5) is 10.1 Å². The number of hydrogen-bond acceptors (Lipinski definition) is 4. The van der Waals surface area contributed by atoms with Crippen LogP contribution in [-0.2, 0) is 5.67 Å². The third kappa shape index (κ3) is 2.29. The van der Waals surface area contributed by atoms with Crippen molar-refractivity contribution in [3.8, 4) is 0 Å². The van der Waals surface area contributed by atoms with E-state index in [2.05, 4.69) is 9.97 Å². The summed E-state index contributed by atoms with van der Waals surface area (Å²) in [6, 6.07) is 5.24. The van der Waals surface area contributed by atoms with Gasteiger partial charge in [-0.2, -0.15) is 0 Å². The molecule has 1 aliphatic rings. The summed E-state index contributed by atoms with van der Waals surface area (Å²) in [5.41, 5.74) is -0.512. The van der Waals surface area contributed by atoms with Crippen molar-refractivity contribution in [3.05, 3.63) is 34.4 Å². The topological polar surface area (TPSA) is 69.2 Å². The highest BCUT2D eigenvalue weighted by Crippen LogP contribution is 2.53. The van der Waals surface area contributed by atoms with Gasteiger partial charge in [-0.15, -0.1) is 0 Å². The molecule has 2 unspecified atom stereocenters. The average Bonchev–Trinajstić information content (AvgIpc) is 3.07. The van der Waals surface area contributed by atoms with Crippen molar-refractivity contribution in [3.63, 3.8) is 0 Å². The first kappa shape index (κ1) is 14.0. The van der Waals surface area contributed by atoms with Crippen molar-refractivity contribution in [2.45, 2.75) is 19.0 Å². The molecule has 1 aromatic carbocycles. The number of nitrogens with one attached hydrogen (secondary N) is 1. The Kier molecular flexibility index (Phi) is 3.20. The summed E-state index contributed by atoms with van der Waals surface area (Å²) in [6.45, 7) is 2.31. The number of aliphatic hydroxyl groups is 1. The summed E-state index contributed by atoms with van der Waals surface area (Å²) in [5.74, 6) is 0.0250. The van der Waals surface area contributed by atoms with E-state index in [1.165, 1.54) is 0 Å². The molecule has 2 N–H and O–H groups in total. The molecule has 2 aromatic rings. The highest BCUT2D eigenvalue weighted by Gasteiger charge is 2.56. The summed E-state index contributed by atoms with van der Waals surface area (Å²) < 4.78 is 14.4. The van der Waals surface area contributed by atoms with Crippen molar-refractivity contribution in [1.82, 2.24) is 9.97 Å². The van der Waals surface area contributed by atoms with E-state index in [1.807, 2.05) is 18.0 Å². The van der Waals surface area contributed by atoms with Gasteiger partial charge in [-0.3, -0.25) is 4.79 Å². The van der Waals surface area contributed by atoms with Crippen molar-refractivity contribution in [2.24, 2.45) is 5.92 Å². The summed E-state index contributed by atoms with van der Waals surface area (Å²) in [6.07, 6.45) is 0.402. The lowest BCUT2D eigenvalue weighted by Gasteiger charge is -2.18. The third-order valence-electron chi connectivity index (χ3n) is 4.18. The van der Waals surface area contributed by atoms with Crippen LogP contribution in [0.15, 0.2) is 23.0 Å². The molecule has 0 amide bonds. The van der Waals surface area contributed by atoms with Crippen LogP contribution in [0.1, 0.15) is 19.2 Å². The molecular weight excluding hydrogens is 273 g/mol. The fourth-order valence-electron chi connectivity index (χ4n) is 2.56. The zero-order valence-corrected chi connectivity index (χ0v) is 12.1. The van der Waals surface area contributed by atoms with Gasteiger partial charge in [0.05, 0.1) is 17.5 Å². The molecule has 1 aliphatic carbocycles. The number of benzene rings is 1. The number of likely N-dealkylation sites (N-methyl/N-ethyl adjacent to an activating group) is 1. The van der Waals surface area contributed by atoms with Gasteiger partial charge in [0.25, 0.3) is 5.56 Å². The van der Waals surface area contributed by atoms with Gasteiger partial charge < -0.3 is 15.0 Å². The largest absolute Gasteiger partial charge is 0.395 e. The summed E-state index contributed by atoms with van der Waals surface area (Å²) in [7, 11) is 1.83. The lowest BCUT2D eigenvalue weighted by Crippen LogP contribution is -2.22. The third-order valence-corrected chi connectivity index (χ3v) is 4.18. The zero-order chi connectivity index (χ0) is 15.2. The summed E-state index contributed by atoms with van der Waals surface area (Å²) in [5, 5.41) is 9.39. The second-order valence-corrected chi connectivity index (χ2v) is 5.73. The molecule has 0 aliphatic heterocycles. The normalized spacial score (nSPS) is 24.3. The predicted molar refractivity (Wildman–Crippen MR) is 79.3 cm³/mol. The number of hydrogen-bond donors (Lipinski definition) is 2. The van der Waals surface area contributed by atoms with Crippen LogP contribution < -0.4 is 10.5 Å². The second kappa shape index (κ2) is 4.80. The standard InChI is InChI=1S/C15H18FN3O2/c1-9-8-15(9,16)14-17-12-4-3-10(19(2)5-6-20)7-11(12)13(21)18-14/h3-4,7,9,20H,5-6,8H2,1-2H3,(H,17,18,21). The van der Waals surface area contributed by atoms with Gasteiger partial charge in [0.1, 0.15) is 5.82 Å². The number of anilines is 1. The fraction of sp³-hybridized carbons (Fsp3) is 0.467. The maximum atomic E-state index is 14.4. The molecule has 0 radical (unpaired) electrons. The SMILES string of the molecule is CC1CC1(F)c1nc2ccc(N(C)CCO)cc2c(=O)[nH]1. The first-order valence-corrected chi connectivity index (χ1v) is 7.01. The van der Waals surface area contributed by atoms with Crippen molar-refractivity contribution in [2.75, 3.05) is 25.1 Å². The number of nitrogens with zero attached hydrogens (tertiary/aromatic N) is 2. The average molecular weight is 291 g/mol. The van der Waals surface area contributed by atoms with E-state index in [-0.39, 0.29) is 23.9 Å². The molecule has 6 heteroatoms. The maximum absolute atomic E-state index is 14.4. The summed E-state index contributed by atoms with van der Waals surface area (Å²) >= 11 is 0. The number of aliphatic hydroxyl groups excluding tert-OH is 1. The quantitative estimate of drug-likeness (QED) is 0.897. The van der Waals surface area contributed by atoms with Crippen molar-refractivity contribution >= 4 is 16.6 Å². The molecule has 1 saturated carbocycles. The van der Waals surface area contributed by atoms with Crippen LogP contribution in [-0.4, -0.2) is 35.3 Å². The number of aromatic nitrogens is 2. The molecule has 5 nitrogen and oxygen atoms in total. The van der Waals surface area contributed by atoms with Crippen molar-refractivity contribution < 1.29 is 9.50 Å². The Labute approximate surface area is 121 Å². The van der Waals surface area contributed by atoms with E-state index in [1.54, 1.807) is 19.1 Å². The lowest BCUT2D eigenvalue weighted by atomic mass is 10.2. The maximum Gasteiger partial charge on any atom is 0.258 e. The molecule has 0 bridgehead atoms. The van der Waals surface area contributed by atoms with Gasteiger partial charge in [0.2, 0.25) is 0 Å². The van der Waals surface area contributed by atoms with Gasteiger partial charge >= 0.3 is 0 Å². The van der Waals surface area contributed by atoms with Gasteiger partial charge in [0, 0.05) is 25.2 Å². The Morgan fingerprint density at radius 2 is 2.29 bits per heavy atom. The number of fused-ring (bicyclic) bond motifs is 1. The van der Waals surface area contributed by atoms with Crippen LogP contribution in [0.5, 0.6) is 0 Å². The van der Waals surface area contributed by atoms with E-state index >= 15 is 0 Å². The highest BCUT2D eigenvalue weighted by molar-refractivity contribution is 5.81. The number of alkyl halides is 1. The Balaban J connectivity index is 2.06. The molecule has 0 spiro atoms. The molecule has 21 heavy (non-hydrogen) atoms. The molecule has 0 saturated heterocycles. The van der Waals surface area contributed by atoms with Crippen LogP contribution in [0.25, 0.3) is 10.9 Å². The number of rotatable bonds is 4. The number of H-pyrrole nitrogens is 1. The van der Waals surface area contributed by atoms with E-state index in [4.69, 9.17) is 5.11 Å². The minimum Gasteiger partial charge on any atom is -0.395 e. The molecule has 112 valence electrons. The molecule has 1 heterocycles. The van der Waals surface area contributed by atoms with Crippen LogP contribution in [0.3, 0.4) is 0 Å². The fourth-order valence-corrected chi connectivity index (χ4v) is 2.56. The molecule has 1 aromatic heterocycles. The lowest BCUT2D eigenvalue weighted by molar-refractivity contribution is 0.276.